The van der Waals surface area contributed by atoms with Gasteiger partial charge in [0, 0.05) is 0 Å². The Morgan fingerprint density at radius 2 is 1.00 bits per heavy atom. The molecule has 0 aliphatic carbocycles. The van der Waals surface area contributed by atoms with Gasteiger partial charge in [0.05, 0.1) is 0 Å². The van der Waals surface area contributed by atoms with Crippen LogP contribution in [-0.2, 0) is 0 Å². The smallest absolute Gasteiger partial charge is 0.0412 e. The van der Waals surface area contributed by atoms with Gasteiger partial charge < -0.3 is 0 Å². The molecular formula is C20H42. The molecule has 0 amide bonds. The van der Waals surface area contributed by atoms with Gasteiger partial charge in [-0.3, -0.25) is 0 Å². The predicted molar refractivity (Wildman–Crippen MR) is 94.3 cm³/mol. The molecule has 0 aliphatic rings. The first-order valence-electron chi connectivity index (χ1n) is 9.78. The lowest BCUT2D eigenvalue weighted by Crippen LogP contribution is -2.09. The lowest BCUT2D eigenvalue weighted by Gasteiger charge is -2.23. The molecule has 2 atom stereocenters. The van der Waals surface area contributed by atoms with Gasteiger partial charge in [-0.05, 0) is 18.3 Å². The molecule has 0 radical (unpaired) electrons. The van der Waals surface area contributed by atoms with E-state index in [9.17, 15) is 0 Å². The van der Waals surface area contributed by atoms with E-state index in [0.717, 1.165) is 11.8 Å². The van der Waals surface area contributed by atoms with Gasteiger partial charge in [0.1, 0.15) is 0 Å². The summed E-state index contributed by atoms with van der Waals surface area (Å²) in [6.45, 7) is 9.38. The molecule has 0 heteroatoms. The van der Waals surface area contributed by atoms with E-state index in [-0.39, 0.29) is 0 Å². The van der Waals surface area contributed by atoms with Gasteiger partial charge in [0.25, 0.3) is 0 Å². The van der Waals surface area contributed by atoms with E-state index < -0.39 is 0 Å². The van der Waals surface area contributed by atoms with E-state index in [4.69, 9.17) is 0 Å². The van der Waals surface area contributed by atoms with Crippen LogP contribution < -0.4 is 0 Å². The van der Waals surface area contributed by atoms with Crippen LogP contribution in [-0.4, -0.2) is 0 Å². The maximum absolute atomic E-state index is 2.40. The maximum atomic E-state index is 2.40. The zero-order chi connectivity index (χ0) is 15.1. The Kier molecular flexibility index (Phi) is 15.4. The van der Waals surface area contributed by atoms with Crippen molar-refractivity contribution >= 4 is 0 Å². The highest BCUT2D eigenvalue weighted by atomic mass is 14.2. The van der Waals surface area contributed by atoms with Crippen molar-refractivity contribution in [2.45, 2.75) is 118 Å². The first-order valence-corrected chi connectivity index (χ1v) is 9.78. The molecule has 0 rings (SSSR count). The molecule has 0 spiro atoms. The molecule has 0 aromatic rings. The zero-order valence-electron chi connectivity index (χ0n) is 15.1. The zero-order valence-corrected chi connectivity index (χ0v) is 15.1. The third kappa shape index (κ3) is 11.8. The van der Waals surface area contributed by atoms with Crippen LogP contribution in [0.4, 0.5) is 0 Å². The molecule has 122 valence electrons. The first kappa shape index (κ1) is 20.0. The number of hydrogen-bond acceptors (Lipinski definition) is 0. The van der Waals surface area contributed by atoms with Crippen molar-refractivity contribution in [3.63, 3.8) is 0 Å². The fourth-order valence-corrected chi connectivity index (χ4v) is 3.36. The summed E-state index contributed by atoms with van der Waals surface area (Å²) in [5, 5.41) is 0. The van der Waals surface area contributed by atoms with Gasteiger partial charge in [-0.2, -0.15) is 0 Å². The normalized spacial score (nSPS) is 14.4. The van der Waals surface area contributed by atoms with Gasteiger partial charge in [-0.15, -0.1) is 0 Å². The highest BCUT2D eigenvalue weighted by Crippen LogP contribution is 2.28. The number of rotatable bonds is 15. The summed E-state index contributed by atoms with van der Waals surface area (Å²) in [6, 6.07) is 0. The van der Waals surface area contributed by atoms with Crippen LogP contribution in [0.3, 0.4) is 0 Å². The molecule has 0 aliphatic heterocycles. The van der Waals surface area contributed by atoms with E-state index in [0.29, 0.717) is 0 Å². The minimum atomic E-state index is 1.01. The second-order valence-corrected chi connectivity index (χ2v) is 6.86. The molecule has 0 fully saturated rings. The van der Waals surface area contributed by atoms with Crippen LogP contribution in [0.2, 0.25) is 0 Å². The van der Waals surface area contributed by atoms with Crippen molar-refractivity contribution in [1.29, 1.82) is 0 Å². The summed E-state index contributed by atoms with van der Waals surface area (Å²) in [5.41, 5.74) is 0. The monoisotopic (exact) mass is 282 g/mol. The third-order valence-electron chi connectivity index (χ3n) is 4.89. The summed E-state index contributed by atoms with van der Waals surface area (Å²) in [5.74, 6) is 2.03. The number of hydrogen-bond donors (Lipinski definition) is 0. The van der Waals surface area contributed by atoms with E-state index in [1.54, 1.807) is 0 Å². The van der Waals surface area contributed by atoms with Crippen molar-refractivity contribution in [2.24, 2.45) is 11.8 Å². The molecule has 0 nitrogen and oxygen atoms in total. The molecule has 0 saturated heterocycles. The minimum Gasteiger partial charge on any atom is -0.0654 e. The predicted octanol–water partition coefficient (Wildman–Crippen LogP) is 7.76. The Balaban J connectivity index is 3.97. The van der Waals surface area contributed by atoms with Gasteiger partial charge >= 0.3 is 0 Å². The fraction of sp³-hybridized carbons (Fsp3) is 1.00. The summed E-state index contributed by atoms with van der Waals surface area (Å²) in [6.07, 6.45) is 20.3. The Morgan fingerprint density at radius 3 is 1.55 bits per heavy atom. The molecule has 0 aromatic heterocycles. The molecule has 0 aromatic carbocycles. The van der Waals surface area contributed by atoms with E-state index in [1.165, 1.54) is 89.9 Å². The molecule has 0 bridgehead atoms. The van der Waals surface area contributed by atoms with Gasteiger partial charge in [0.2, 0.25) is 0 Å². The van der Waals surface area contributed by atoms with Crippen molar-refractivity contribution < 1.29 is 0 Å². The van der Waals surface area contributed by atoms with E-state index in [1.807, 2.05) is 0 Å². The third-order valence-corrected chi connectivity index (χ3v) is 4.89. The van der Waals surface area contributed by atoms with Crippen molar-refractivity contribution in [1.82, 2.24) is 0 Å². The van der Waals surface area contributed by atoms with Gasteiger partial charge in [-0.1, -0.05) is 111 Å². The molecule has 0 saturated carbocycles. The molecular weight excluding hydrogens is 240 g/mol. The maximum Gasteiger partial charge on any atom is -0.0412 e. The molecule has 0 heterocycles. The highest BCUT2D eigenvalue weighted by molar-refractivity contribution is 4.67. The fourth-order valence-electron chi connectivity index (χ4n) is 3.36. The SMILES string of the molecule is CCCCCCCC(CCCC)CC(CC)CCCC. The Morgan fingerprint density at radius 1 is 0.500 bits per heavy atom. The minimum absolute atomic E-state index is 1.01. The van der Waals surface area contributed by atoms with Crippen molar-refractivity contribution in [3.05, 3.63) is 0 Å². The van der Waals surface area contributed by atoms with Crippen LogP contribution in [0.5, 0.6) is 0 Å². The summed E-state index contributed by atoms with van der Waals surface area (Å²) in [4.78, 5) is 0. The molecule has 20 heavy (non-hydrogen) atoms. The van der Waals surface area contributed by atoms with Crippen LogP contribution in [0.25, 0.3) is 0 Å². The summed E-state index contributed by atoms with van der Waals surface area (Å²) in [7, 11) is 0. The van der Waals surface area contributed by atoms with E-state index >= 15 is 0 Å². The van der Waals surface area contributed by atoms with Crippen LogP contribution in [0.15, 0.2) is 0 Å². The average Bonchev–Trinajstić information content (AvgIpc) is 2.47. The second kappa shape index (κ2) is 15.4. The van der Waals surface area contributed by atoms with E-state index in [2.05, 4.69) is 27.7 Å². The summed E-state index contributed by atoms with van der Waals surface area (Å²) >= 11 is 0. The largest absolute Gasteiger partial charge is 0.0654 e. The topological polar surface area (TPSA) is 0 Å². The summed E-state index contributed by atoms with van der Waals surface area (Å²) < 4.78 is 0. The Bertz CT molecular complexity index is 173. The van der Waals surface area contributed by atoms with Crippen molar-refractivity contribution in [2.75, 3.05) is 0 Å². The highest BCUT2D eigenvalue weighted by Gasteiger charge is 2.14. The molecule has 0 N–H and O–H groups in total. The van der Waals surface area contributed by atoms with Crippen LogP contribution in [0, 0.1) is 11.8 Å². The molecule has 2 unspecified atom stereocenters. The quantitative estimate of drug-likeness (QED) is 0.269. The Labute approximate surface area is 130 Å². The van der Waals surface area contributed by atoms with Gasteiger partial charge in [-0.25, -0.2) is 0 Å². The average molecular weight is 283 g/mol. The lowest BCUT2D eigenvalue weighted by atomic mass is 9.83. The van der Waals surface area contributed by atoms with Gasteiger partial charge in [0.15, 0.2) is 0 Å². The standard InChI is InChI=1S/C20H42/c1-5-9-12-13-14-17-20(16-11-7-3)18-19(8-4)15-10-6-2/h19-20H,5-18H2,1-4H3. The van der Waals surface area contributed by atoms with Crippen LogP contribution in [0.1, 0.15) is 118 Å². The van der Waals surface area contributed by atoms with Crippen LogP contribution >= 0.6 is 0 Å². The Hall–Kier alpha value is 0. The first-order chi connectivity index (χ1) is 9.78. The van der Waals surface area contributed by atoms with Crippen molar-refractivity contribution in [3.8, 4) is 0 Å². The number of unbranched alkanes of at least 4 members (excludes halogenated alkanes) is 6. The lowest BCUT2D eigenvalue weighted by molar-refractivity contribution is 0.297. The second-order valence-electron chi connectivity index (χ2n) is 6.86.